The Kier molecular flexibility index (Phi) is 3.01. The van der Waals surface area contributed by atoms with Crippen molar-refractivity contribution < 1.29 is 13.5 Å². The van der Waals surface area contributed by atoms with E-state index >= 15 is 0 Å². The third kappa shape index (κ3) is 1.59. The molecule has 1 aliphatic rings. The minimum Gasteiger partial charge on any atom is -0.378 e. The van der Waals surface area contributed by atoms with Gasteiger partial charge in [0.2, 0.25) is 0 Å². The number of hydrogen-bond donors (Lipinski definition) is 1. The van der Waals surface area contributed by atoms with Crippen molar-refractivity contribution in [1.82, 2.24) is 5.32 Å². The predicted octanol–water partition coefficient (Wildman–Crippen LogP) is 1.41. The summed E-state index contributed by atoms with van der Waals surface area (Å²) < 4.78 is 30.1. The van der Waals surface area contributed by atoms with Crippen molar-refractivity contribution in [2.45, 2.75) is 37.8 Å². The number of ether oxygens (including phenoxy) is 1. The van der Waals surface area contributed by atoms with Gasteiger partial charge in [0.1, 0.15) is 0 Å². The molecule has 1 fully saturated rings. The molecule has 1 rings (SSSR count). The van der Waals surface area contributed by atoms with Gasteiger partial charge in [0, 0.05) is 6.61 Å². The molecule has 1 aliphatic carbocycles. The third-order valence-corrected chi connectivity index (χ3v) is 2.50. The normalized spacial score (nSPS) is 35.2. The first-order chi connectivity index (χ1) is 5.64. The average molecular weight is 179 g/mol. The molecular formula is C8H15F2NO. The van der Waals surface area contributed by atoms with Crippen LogP contribution in [0, 0.1) is 0 Å². The van der Waals surface area contributed by atoms with E-state index in [1.807, 2.05) is 6.92 Å². The smallest absolute Gasteiger partial charge is 0.256 e. The van der Waals surface area contributed by atoms with Crippen LogP contribution in [-0.2, 0) is 4.74 Å². The van der Waals surface area contributed by atoms with Crippen molar-refractivity contribution in [1.29, 1.82) is 0 Å². The summed E-state index contributed by atoms with van der Waals surface area (Å²) in [6, 6.07) is 0. The Bertz CT molecular complexity index is 146. The highest BCUT2D eigenvalue weighted by Gasteiger charge is 2.50. The molecule has 0 saturated heterocycles. The Balaban J connectivity index is 2.36. The maximum atomic E-state index is 12.4. The molecule has 0 unspecified atom stereocenters. The molecule has 0 aromatic rings. The first-order valence-corrected chi connectivity index (χ1v) is 4.23. The second-order valence-corrected chi connectivity index (χ2v) is 3.19. The number of rotatable bonds is 4. The Morgan fingerprint density at radius 1 is 1.58 bits per heavy atom. The van der Waals surface area contributed by atoms with Gasteiger partial charge in [-0.05, 0) is 26.8 Å². The largest absolute Gasteiger partial charge is 0.378 e. The van der Waals surface area contributed by atoms with E-state index in [-0.39, 0.29) is 6.10 Å². The molecule has 72 valence electrons. The van der Waals surface area contributed by atoms with E-state index in [9.17, 15) is 8.78 Å². The van der Waals surface area contributed by atoms with Crippen molar-refractivity contribution in [2.24, 2.45) is 0 Å². The minimum atomic E-state index is -2.29. The fourth-order valence-corrected chi connectivity index (χ4v) is 1.60. The van der Waals surface area contributed by atoms with E-state index in [0.29, 0.717) is 19.4 Å². The molecule has 0 amide bonds. The van der Waals surface area contributed by atoms with Gasteiger partial charge in [0.05, 0.1) is 11.6 Å². The summed E-state index contributed by atoms with van der Waals surface area (Å²) in [5.41, 5.74) is -0.972. The summed E-state index contributed by atoms with van der Waals surface area (Å²) in [6.07, 6.45) is -1.42. The maximum Gasteiger partial charge on any atom is 0.256 e. The van der Waals surface area contributed by atoms with Crippen LogP contribution in [0.2, 0.25) is 0 Å². The SMILES string of the molecule is CCOC1CC(NC)(C(F)F)C1. The van der Waals surface area contributed by atoms with Crippen LogP contribution >= 0.6 is 0 Å². The molecule has 0 aromatic carbocycles. The van der Waals surface area contributed by atoms with E-state index in [4.69, 9.17) is 4.74 Å². The van der Waals surface area contributed by atoms with E-state index < -0.39 is 12.0 Å². The topological polar surface area (TPSA) is 21.3 Å². The molecular weight excluding hydrogens is 164 g/mol. The lowest BCUT2D eigenvalue weighted by molar-refractivity contribution is -0.108. The van der Waals surface area contributed by atoms with E-state index in [2.05, 4.69) is 5.32 Å². The molecule has 0 bridgehead atoms. The average Bonchev–Trinajstić information content (AvgIpc) is 1.95. The molecule has 0 spiro atoms. The zero-order valence-corrected chi connectivity index (χ0v) is 7.44. The quantitative estimate of drug-likeness (QED) is 0.704. The van der Waals surface area contributed by atoms with Crippen molar-refractivity contribution in [3.05, 3.63) is 0 Å². The molecule has 12 heavy (non-hydrogen) atoms. The summed E-state index contributed by atoms with van der Waals surface area (Å²) in [7, 11) is 1.58. The maximum absolute atomic E-state index is 12.4. The van der Waals surface area contributed by atoms with Gasteiger partial charge < -0.3 is 10.1 Å². The first kappa shape index (κ1) is 9.86. The Morgan fingerprint density at radius 3 is 2.50 bits per heavy atom. The van der Waals surface area contributed by atoms with Crippen LogP contribution in [-0.4, -0.2) is 31.7 Å². The zero-order chi connectivity index (χ0) is 9.19. The van der Waals surface area contributed by atoms with Gasteiger partial charge in [-0.25, -0.2) is 8.78 Å². The molecule has 0 aliphatic heterocycles. The number of nitrogens with one attached hydrogen (secondary N) is 1. The zero-order valence-electron chi connectivity index (χ0n) is 7.44. The molecule has 2 nitrogen and oxygen atoms in total. The highest BCUT2D eigenvalue weighted by atomic mass is 19.3. The van der Waals surface area contributed by atoms with Crippen molar-refractivity contribution in [2.75, 3.05) is 13.7 Å². The van der Waals surface area contributed by atoms with E-state index in [0.717, 1.165) is 0 Å². The van der Waals surface area contributed by atoms with Gasteiger partial charge in [-0.15, -0.1) is 0 Å². The fourth-order valence-electron chi connectivity index (χ4n) is 1.60. The van der Waals surface area contributed by atoms with Gasteiger partial charge >= 0.3 is 0 Å². The Labute approximate surface area is 71.3 Å². The van der Waals surface area contributed by atoms with Gasteiger partial charge in [-0.3, -0.25) is 0 Å². The highest BCUT2D eigenvalue weighted by Crippen LogP contribution is 2.38. The molecule has 0 aromatic heterocycles. The van der Waals surface area contributed by atoms with Crippen LogP contribution in [0.25, 0.3) is 0 Å². The van der Waals surface area contributed by atoms with Gasteiger partial charge in [0.25, 0.3) is 6.43 Å². The molecule has 0 radical (unpaired) electrons. The molecule has 1 N–H and O–H groups in total. The molecule has 0 heterocycles. The first-order valence-electron chi connectivity index (χ1n) is 4.23. The van der Waals surface area contributed by atoms with Crippen LogP contribution in [0.15, 0.2) is 0 Å². The van der Waals surface area contributed by atoms with Crippen LogP contribution in [0.4, 0.5) is 8.78 Å². The van der Waals surface area contributed by atoms with Gasteiger partial charge in [-0.1, -0.05) is 0 Å². The fraction of sp³-hybridized carbons (Fsp3) is 1.00. The van der Waals surface area contributed by atoms with Gasteiger partial charge in [0.15, 0.2) is 0 Å². The summed E-state index contributed by atoms with van der Waals surface area (Å²) in [5, 5.41) is 2.67. The second-order valence-electron chi connectivity index (χ2n) is 3.19. The Morgan fingerprint density at radius 2 is 2.17 bits per heavy atom. The highest BCUT2D eigenvalue weighted by molar-refractivity contribution is 5.03. The molecule has 4 heteroatoms. The number of hydrogen-bond acceptors (Lipinski definition) is 2. The predicted molar refractivity (Wildman–Crippen MR) is 42.4 cm³/mol. The molecule has 1 saturated carbocycles. The van der Waals surface area contributed by atoms with Crippen LogP contribution in [0.3, 0.4) is 0 Å². The van der Waals surface area contributed by atoms with Crippen molar-refractivity contribution in [3.63, 3.8) is 0 Å². The summed E-state index contributed by atoms with van der Waals surface area (Å²) >= 11 is 0. The van der Waals surface area contributed by atoms with E-state index in [1.165, 1.54) is 0 Å². The third-order valence-electron chi connectivity index (χ3n) is 2.50. The van der Waals surface area contributed by atoms with Crippen LogP contribution in [0.5, 0.6) is 0 Å². The lowest BCUT2D eigenvalue weighted by atomic mass is 9.74. The number of halogens is 2. The van der Waals surface area contributed by atoms with Gasteiger partial charge in [-0.2, -0.15) is 0 Å². The van der Waals surface area contributed by atoms with Crippen LogP contribution < -0.4 is 5.32 Å². The minimum absolute atomic E-state index is 0.0245. The van der Waals surface area contributed by atoms with E-state index in [1.54, 1.807) is 7.05 Å². The lowest BCUT2D eigenvalue weighted by Gasteiger charge is -2.46. The summed E-state index contributed by atoms with van der Waals surface area (Å²) in [5.74, 6) is 0. The Hall–Kier alpha value is -0.220. The molecule has 0 atom stereocenters. The van der Waals surface area contributed by atoms with Crippen LogP contribution in [0.1, 0.15) is 19.8 Å². The summed E-state index contributed by atoms with van der Waals surface area (Å²) in [6.45, 7) is 2.48. The second kappa shape index (κ2) is 3.66. The number of alkyl halides is 2. The lowest BCUT2D eigenvalue weighted by Crippen LogP contribution is -2.61. The monoisotopic (exact) mass is 179 g/mol. The summed E-state index contributed by atoms with van der Waals surface area (Å²) in [4.78, 5) is 0. The van der Waals surface area contributed by atoms with Crippen molar-refractivity contribution in [3.8, 4) is 0 Å². The van der Waals surface area contributed by atoms with Crippen molar-refractivity contribution >= 4 is 0 Å². The standard InChI is InChI=1S/C8H15F2NO/c1-3-12-6-4-8(5-6,11-2)7(9)10/h6-7,11H,3-5H2,1-2H3.